The highest BCUT2D eigenvalue weighted by Gasteiger charge is 2.14. The summed E-state index contributed by atoms with van der Waals surface area (Å²) in [7, 11) is 0. The summed E-state index contributed by atoms with van der Waals surface area (Å²) in [5.41, 5.74) is 3.04. The van der Waals surface area contributed by atoms with Gasteiger partial charge in [0.25, 0.3) is 0 Å². The summed E-state index contributed by atoms with van der Waals surface area (Å²) >= 11 is 7.63. The summed E-state index contributed by atoms with van der Waals surface area (Å²) in [4.78, 5) is 9.83. The van der Waals surface area contributed by atoms with Gasteiger partial charge in [-0.15, -0.1) is 11.3 Å². The molecule has 0 fully saturated rings. The zero-order chi connectivity index (χ0) is 17.9. The lowest BCUT2D eigenvalue weighted by atomic mass is 10.1. The molecule has 0 aliphatic rings. The second-order valence-corrected chi connectivity index (χ2v) is 6.91. The number of halogens is 1. The van der Waals surface area contributed by atoms with Gasteiger partial charge < -0.3 is 10.1 Å². The smallest absolute Gasteiger partial charge is 0.143 e. The Labute approximate surface area is 160 Å². The molecule has 0 radical (unpaired) electrons. The lowest BCUT2D eigenvalue weighted by Gasteiger charge is -2.13. The van der Waals surface area contributed by atoms with Crippen molar-refractivity contribution in [1.82, 2.24) is 9.97 Å². The lowest BCUT2D eigenvalue weighted by molar-refractivity contribution is 0.342. The van der Waals surface area contributed by atoms with Gasteiger partial charge in [0, 0.05) is 16.0 Å². The van der Waals surface area contributed by atoms with Gasteiger partial charge in [0.1, 0.15) is 22.7 Å². The van der Waals surface area contributed by atoms with E-state index in [0.717, 1.165) is 38.6 Å². The molecule has 0 aliphatic heterocycles. The molecule has 0 amide bonds. The minimum atomic E-state index is 0.604. The normalized spacial score (nSPS) is 10.8. The van der Waals surface area contributed by atoms with Gasteiger partial charge in [-0.05, 0) is 36.8 Å². The molecule has 0 spiro atoms. The van der Waals surface area contributed by atoms with Crippen LogP contribution in [0.15, 0.2) is 60.2 Å². The Morgan fingerprint density at radius 2 is 1.88 bits per heavy atom. The Bertz CT molecular complexity index is 1050. The fraction of sp³-hybridized carbons (Fsp3) is 0.100. The van der Waals surface area contributed by atoms with Gasteiger partial charge in [-0.25, -0.2) is 9.97 Å². The van der Waals surface area contributed by atoms with Crippen LogP contribution in [0.2, 0.25) is 5.02 Å². The van der Waals surface area contributed by atoms with E-state index in [1.165, 1.54) is 0 Å². The third kappa shape index (κ3) is 3.23. The molecule has 0 saturated carbocycles. The molecule has 4 aromatic rings. The van der Waals surface area contributed by atoms with Crippen molar-refractivity contribution >= 4 is 44.7 Å². The van der Waals surface area contributed by atoms with E-state index in [0.29, 0.717) is 11.6 Å². The van der Waals surface area contributed by atoms with Crippen molar-refractivity contribution in [2.45, 2.75) is 6.92 Å². The number of anilines is 2. The van der Waals surface area contributed by atoms with Crippen LogP contribution in [0.3, 0.4) is 0 Å². The number of hydrogen-bond donors (Lipinski definition) is 1. The topological polar surface area (TPSA) is 47.0 Å². The highest BCUT2D eigenvalue weighted by Crippen LogP contribution is 2.38. The molecule has 4 nitrogen and oxygen atoms in total. The average Bonchev–Trinajstić information content (AvgIpc) is 3.09. The summed E-state index contributed by atoms with van der Waals surface area (Å²) in [6.45, 7) is 2.57. The molecule has 2 aromatic heterocycles. The van der Waals surface area contributed by atoms with Crippen molar-refractivity contribution < 1.29 is 4.74 Å². The zero-order valence-corrected chi connectivity index (χ0v) is 15.6. The number of fused-ring (bicyclic) bond motifs is 1. The van der Waals surface area contributed by atoms with E-state index in [1.54, 1.807) is 17.7 Å². The van der Waals surface area contributed by atoms with Crippen molar-refractivity contribution in [2.24, 2.45) is 0 Å². The van der Waals surface area contributed by atoms with E-state index in [9.17, 15) is 0 Å². The van der Waals surface area contributed by atoms with E-state index in [2.05, 4.69) is 20.7 Å². The number of para-hydroxylation sites is 2. The van der Waals surface area contributed by atoms with Gasteiger partial charge in [0.05, 0.1) is 17.7 Å². The Kier molecular flexibility index (Phi) is 4.73. The van der Waals surface area contributed by atoms with E-state index < -0.39 is 0 Å². The van der Waals surface area contributed by atoms with Crippen molar-refractivity contribution in [1.29, 1.82) is 0 Å². The number of benzene rings is 2. The number of hydrogen-bond acceptors (Lipinski definition) is 5. The molecule has 2 heterocycles. The standard InChI is InChI=1S/C20H16ClN3OS/c1-2-25-17-6-4-3-5-16(17)24-19-18-15(11-26-20(18)23-12-22-19)13-7-9-14(21)10-8-13/h3-12H,2H2,1H3,(H,22,23,24). The van der Waals surface area contributed by atoms with Crippen molar-refractivity contribution in [3.05, 3.63) is 65.3 Å². The van der Waals surface area contributed by atoms with Crippen LogP contribution in [0.4, 0.5) is 11.5 Å². The summed E-state index contributed by atoms with van der Waals surface area (Å²) in [5, 5.41) is 7.22. The molecule has 2 aromatic carbocycles. The first-order chi connectivity index (χ1) is 12.8. The van der Waals surface area contributed by atoms with E-state index in [-0.39, 0.29) is 0 Å². The van der Waals surface area contributed by atoms with Gasteiger partial charge in [0.2, 0.25) is 0 Å². The zero-order valence-electron chi connectivity index (χ0n) is 14.1. The van der Waals surface area contributed by atoms with Crippen LogP contribution in [-0.2, 0) is 0 Å². The fourth-order valence-electron chi connectivity index (χ4n) is 2.79. The Morgan fingerprint density at radius 1 is 1.08 bits per heavy atom. The monoisotopic (exact) mass is 381 g/mol. The highest BCUT2D eigenvalue weighted by atomic mass is 35.5. The third-order valence-corrected chi connectivity index (χ3v) is 5.10. The lowest BCUT2D eigenvalue weighted by Crippen LogP contribution is -1.99. The van der Waals surface area contributed by atoms with Gasteiger partial charge in [-0.2, -0.15) is 0 Å². The Hall–Kier alpha value is -2.63. The first-order valence-electron chi connectivity index (χ1n) is 8.23. The second kappa shape index (κ2) is 7.32. The van der Waals surface area contributed by atoms with E-state index in [1.807, 2.05) is 55.5 Å². The number of nitrogens with one attached hydrogen (secondary N) is 1. The van der Waals surface area contributed by atoms with Crippen LogP contribution in [-0.4, -0.2) is 16.6 Å². The molecule has 0 saturated heterocycles. The molecular formula is C20H16ClN3OS. The maximum Gasteiger partial charge on any atom is 0.143 e. The maximum atomic E-state index is 6.03. The van der Waals surface area contributed by atoms with E-state index in [4.69, 9.17) is 16.3 Å². The largest absolute Gasteiger partial charge is 0.492 e. The SMILES string of the molecule is CCOc1ccccc1Nc1ncnc2scc(-c3ccc(Cl)cc3)c12. The molecule has 0 bridgehead atoms. The Morgan fingerprint density at radius 3 is 2.69 bits per heavy atom. The first-order valence-corrected chi connectivity index (χ1v) is 9.49. The van der Waals surface area contributed by atoms with Crippen molar-refractivity contribution in [3.63, 3.8) is 0 Å². The Balaban J connectivity index is 1.81. The van der Waals surface area contributed by atoms with Gasteiger partial charge >= 0.3 is 0 Å². The number of rotatable bonds is 5. The number of aromatic nitrogens is 2. The number of thiophene rings is 1. The molecule has 6 heteroatoms. The molecule has 0 unspecified atom stereocenters. The third-order valence-electron chi connectivity index (χ3n) is 3.97. The van der Waals surface area contributed by atoms with E-state index >= 15 is 0 Å². The average molecular weight is 382 g/mol. The van der Waals surface area contributed by atoms with Crippen LogP contribution in [0.5, 0.6) is 5.75 Å². The van der Waals surface area contributed by atoms with Crippen LogP contribution in [0.25, 0.3) is 21.3 Å². The predicted molar refractivity (Wildman–Crippen MR) is 109 cm³/mol. The fourth-order valence-corrected chi connectivity index (χ4v) is 3.83. The van der Waals surface area contributed by atoms with Crippen LogP contribution in [0, 0.1) is 0 Å². The summed E-state index contributed by atoms with van der Waals surface area (Å²) in [6, 6.07) is 15.6. The quantitative estimate of drug-likeness (QED) is 0.450. The number of ether oxygens (including phenoxy) is 1. The second-order valence-electron chi connectivity index (χ2n) is 5.61. The maximum absolute atomic E-state index is 6.03. The van der Waals surface area contributed by atoms with Crippen LogP contribution < -0.4 is 10.1 Å². The summed E-state index contributed by atoms with van der Waals surface area (Å²) < 4.78 is 5.71. The number of nitrogens with zero attached hydrogens (tertiary/aromatic N) is 2. The predicted octanol–water partition coefficient (Wildman–Crippen LogP) is 6.15. The first kappa shape index (κ1) is 16.8. The van der Waals surface area contributed by atoms with Crippen molar-refractivity contribution in [3.8, 4) is 16.9 Å². The van der Waals surface area contributed by atoms with Gasteiger partial charge in [0.15, 0.2) is 0 Å². The molecule has 130 valence electrons. The van der Waals surface area contributed by atoms with Gasteiger partial charge in [-0.3, -0.25) is 0 Å². The van der Waals surface area contributed by atoms with Crippen LogP contribution >= 0.6 is 22.9 Å². The van der Waals surface area contributed by atoms with Gasteiger partial charge in [-0.1, -0.05) is 35.9 Å². The van der Waals surface area contributed by atoms with Crippen LogP contribution in [0.1, 0.15) is 6.92 Å². The highest BCUT2D eigenvalue weighted by molar-refractivity contribution is 7.17. The summed E-state index contributed by atoms with van der Waals surface area (Å²) in [6.07, 6.45) is 1.58. The molecule has 26 heavy (non-hydrogen) atoms. The molecule has 1 N–H and O–H groups in total. The molecule has 0 atom stereocenters. The minimum absolute atomic E-state index is 0.604. The minimum Gasteiger partial charge on any atom is -0.492 e. The molecular weight excluding hydrogens is 366 g/mol. The molecule has 4 rings (SSSR count). The summed E-state index contributed by atoms with van der Waals surface area (Å²) in [5.74, 6) is 1.55. The molecule has 0 aliphatic carbocycles. The van der Waals surface area contributed by atoms with Crippen molar-refractivity contribution in [2.75, 3.05) is 11.9 Å².